The minimum absolute atomic E-state index is 0.285. The Balaban J connectivity index is 1.91. The summed E-state index contributed by atoms with van der Waals surface area (Å²) in [7, 11) is 3.99. The number of nitrogens with one attached hydrogen (secondary N) is 1. The number of rotatable bonds is 6. The summed E-state index contributed by atoms with van der Waals surface area (Å²) in [6, 6.07) is 18.7. The van der Waals surface area contributed by atoms with Crippen molar-refractivity contribution in [3.63, 3.8) is 0 Å². The third-order valence-electron chi connectivity index (χ3n) is 3.08. The van der Waals surface area contributed by atoms with Crippen LogP contribution in [-0.2, 0) is 6.61 Å². The van der Waals surface area contributed by atoms with E-state index >= 15 is 0 Å². The van der Waals surface area contributed by atoms with E-state index in [4.69, 9.17) is 4.74 Å². The molecule has 0 radical (unpaired) electrons. The zero-order valence-corrected chi connectivity index (χ0v) is 12.3. The van der Waals surface area contributed by atoms with Crippen LogP contribution in [0.5, 0.6) is 5.75 Å². The van der Waals surface area contributed by atoms with Crippen molar-refractivity contribution >= 4 is 0 Å². The maximum absolute atomic E-state index is 5.78. The van der Waals surface area contributed by atoms with Crippen LogP contribution in [0.1, 0.15) is 24.1 Å². The summed E-state index contributed by atoms with van der Waals surface area (Å²) in [5.74, 6) is 0.898. The summed E-state index contributed by atoms with van der Waals surface area (Å²) in [5, 5.41) is 1.96. The van der Waals surface area contributed by atoms with Crippen LogP contribution in [0.15, 0.2) is 54.6 Å². The molecule has 2 aromatic carbocycles. The number of hydrogen-bond acceptors (Lipinski definition) is 3. The first-order valence-electron chi connectivity index (χ1n) is 6.85. The normalized spacial score (nSPS) is 12.4. The second-order valence-corrected chi connectivity index (χ2v) is 5.09. The summed E-state index contributed by atoms with van der Waals surface area (Å²) in [5.41, 5.74) is 5.75. The van der Waals surface area contributed by atoms with Gasteiger partial charge in [-0.2, -0.15) is 0 Å². The second kappa shape index (κ2) is 7.08. The third-order valence-corrected chi connectivity index (χ3v) is 3.08. The van der Waals surface area contributed by atoms with Crippen LogP contribution in [0, 0.1) is 0 Å². The largest absolute Gasteiger partial charge is 0.489 e. The van der Waals surface area contributed by atoms with Gasteiger partial charge in [0.05, 0.1) is 0 Å². The predicted molar refractivity (Wildman–Crippen MR) is 82.5 cm³/mol. The molecule has 0 aliphatic carbocycles. The number of ether oxygens (including phenoxy) is 1. The lowest BCUT2D eigenvalue weighted by Crippen LogP contribution is -2.32. The lowest BCUT2D eigenvalue weighted by atomic mass is 10.1. The molecule has 2 rings (SSSR count). The van der Waals surface area contributed by atoms with Gasteiger partial charge in [0, 0.05) is 20.1 Å². The topological polar surface area (TPSA) is 24.5 Å². The smallest absolute Gasteiger partial charge is 0.119 e. The molecular weight excluding hydrogens is 248 g/mol. The highest BCUT2D eigenvalue weighted by Crippen LogP contribution is 2.18. The molecule has 0 aliphatic heterocycles. The minimum Gasteiger partial charge on any atom is -0.489 e. The van der Waals surface area contributed by atoms with E-state index < -0.39 is 0 Å². The van der Waals surface area contributed by atoms with Gasteiger partial charge >= 0.3 is 0 Å². The van der Waals surface area contributed by atoms with Gasteiger partial charge in [-0.15, -0.1) is 0 Å². The Bertz CT molecular complexity index is 508. The summed E-state index contributed by atoms with van der Waals surface area (Å²) >= 11 is 0. The molecule has 3 heteroatoms. The van der Waals surface area contributed by atoms with Gasteiger partial charge in [0.1, 0.15) is 12.4 Å². The van der Waals surface area contributed by atoms with E-state index in [9.17, 15) is 0 Å². The van der Waals surface area contributed by atoms with Crippen molar-refractivity contribution in [2.75, 3.05) is 14.1 Å². The highest BCUT2D eigenvalue weighted by atomic mass is 16.5. The number of nitrogens with zero attached hydrogens (tertiary/aromatic N) is 1. The first kappa shape index (κ1) is 14.6. The van der Waals surface area contributed by atoms with Crippen LogP contribution < -0.4 is 10.2 Å². The van der Waals surface area contributed by atoms with Gasteiger partial charge in [0.2, 0.25) is 0 Å². The van der Waals surface area contributed by atoms with Crippen molar-refractivity contribution in [2.45, 2.75) is 19.6 Å². The van der Waals surface area contributed by atoms with E-state index in [1.807, 2.05) is 49.4 Å². The predicted octanol–water partition coefficient (Wildman–Crippen LogP) is 3.39. The molecule has 1 atom stereocenters. The first-order chi connectivity index (χ1) is 9.65. The zero-order chi connectivity index (χ0) is 14.4. The van der Waals surface area contributed by atoms with Crippen LogP contribution in [0.2, 0.25) is 0 Å². The minimum atomic E-state index is 0.285. The molecule has 106 valence electrons. The van der Waals surface area contributed by atoms with Gasteiger partial charge in [0.15, 0.2) is 0 Å². The summed E-state index contributed by atoms with van der Waals surface area (Å²) in [6.45, 7) is 2.74. The van der Waals surface area contributed by atoms with Crippen LogP contribution in [0.3, 0.4) is 0 Å². The molecule has 0 heterocycles. The fraction of sp³-hybridized carbons (Fsp3) is 0.294. The Kier molecular flexibility index (Phi) is 5.16. The Morgan fingerprint density at radius 2 is 1.65 bits per heavy atom. The maximum Gasteiger partial charge on any atom is 0.119 e. The fourth-order valence-corrected chi connectivity index (χ4v) is 2.06. The van der Waals surface area contributed by atoms with Gasteiger partial charge in [-0.25, -0.2) is 5.43 Å². The SMILES string of the molecule is CC(NN(C)C)c1ccc(OCc2ccccc2)cc1. The second-order valence-electron chi connectivity index (χ2n) is 5.09. The maximum atomic E-state index is 5.78. The highest BCUT2D eigenvalue weighted by molar-refractivity contribution is 5.29. The van der Waals surface area contributed by atoms with Crippen LogP contribution in [-0.4, -0.2) is 19.1 Å². The van der Waals surface area contributed by atoms with Crippen molar-refractivity contribution < 1.29 is 4.74 Å². The molecule has 0 saturated heterocycles. The molecule has 0 spiro atoms. The van der Waals surface area contributed by atoms with Gasteiger partial charge in [0.25, 0.3) is 0 Å². The van der Waals surface area contributed by atoms with Gasteiger partial charge < -0.3 is 4.74 Å². The van der Waals surface area contributed by atoms with Crippen molar-refractivity contribution in [1.82, 2.24) is 10.4 Å². The van der Waals surface area contributed by atoms with Gasteiger partial charge in [-0.1, -0.05) is 42.5 Å². The van der Waals surface area contributed by atoms with Crippen molar-refractivity contribution in [1.29, 1.82) is 0 Å². The van der Waals surface area contributed by atoms with Gasteiger partial charge in [-0.05, 0) is 30.2 Å². The Morgan fingerprint density at radius 1 is 1.00 bits per heavy atom. The lowest BCUT2D eigenvalue weighted by molar-refractivity contribution is 0.252. The van der Waals surface area contributed by atoms with E-state index in [2.05, 4.69) is 36.6 Å². The molecule has 20 heavy (non-hydrogen) atoms. The Labute approximate surface area is 121 Å². The molecule has 0 aromatic heterocycles. The van der Waals surface area contributed by atoms with Crippen LogP contribution in [0.25, 0.3) is 0 Å². The average Bonchev–Trinajstić information content (AvgIpc) is 2.46. The molecule has 3 nitrogen and oxygen atoms in total. The quantitative estimate of drug-likeness (QED) is 0.814. The molecule has 0 aliphatic rings. The standard InChI is InChI=1S/C17H22N2O/c1-14(18-19(2)3)16-9-11-17(12-10-16)20-13-15-7-5-4-6-8-15/h4-12,14,18H,13H2,1-3H3. The molecule has 1 N–H and O–H groups in total. The van der Waals surface area contributed by atoms with E-state index in [0.717, 1.165) is 5.75 Å². The van der Waals surface area contributed by atoms with Crippen LogP contribution >= 0.6 is 0 Å². The summed E-state index contributed by atoms with van der Waals surface area (Å²) in [6.07, 6.45) is 0. The molecule has 0 amide bonds. The fourth-order valence-electron chi connectivity index (χ4n) is 2.06. The molecule has 2 aromatic rings. The lowest BCUT2D eigenvalue weighted by Gasteiger charge is -2.19. The van der Waals surface area contributed by atoms with E-state index in [-0.39, 0.29) is 6.04 Å². The zero-order valence-electron chi connectivity index (χ0n) is 12.3. The van der Waals surface area contributed by atoms with E-state index in [1.54, 1.807) is 0 Å². The van der Waals surface area contributed by atoms with E-state index in [0.29, 0.717) is 6.61 Å². The number of hydrazine groups is 1. The van der Waals surface area contributed by atoms with Crippen molar-refractivity contribution in [3.05, 3.63) is 65.7 Å². The average molecular weight is 270 g/mol. The molecule has 1 unspecified atom stereocenters. The molecule has 0 saturated carbocycles. The highest BCUT2D eigenvalue weighted by Gasteiger charge is 2.05. The van der Waals surface area contributed by atoms with Crippen molar-refractivity contribution in [3.8, 4) is 5.75 Å². The molecule has 0 fully saturated rings. The molecular formula is C17H22N2O. The van der Waals surface area contributed by atoms with Gasteiger partial charge in [-0.3, -0.25) is 5.01 Å². The third kappa shape index (κ3) is 4.37. The number of hydrogen-bond donors (Lipinski definition) is 1. The first-order valence-corrected chi connectivity index (χ1v) is 6.85. The van der Waals surface area contributed by atoms with Crippen LogP contribution in [0.4, 0.5) is 0 Å². The van der Waals surface area contributed by atoms with Crippen molar-refractivity contribution in [2.24, 2.45) is 0 Å². The Hall–Kier alpha value is -1.84. The summed E-state index contributed by atoms with van der Waals surface area (Å²) in [4.78, 5) is 0. The Morgan fingerprint density at radius 3 is 2.25 bits per heavy atom. The van der Waals surface area contributed by atoms with E-state index in [1.165, 1.54) is 11.1 Å². The molecule has 0 bridgehead atoms. The number of benzene rings is 2. The monoisotopic (exact) mass is 270 g/mol. The summed E-state index contributed by atoms with van der Waals surface area (Å²) < 4.78 is 5.78.